The van der Waals surface area contributed by atoms with Gasteiger partial charge >= 0.3 is 0 Å². The zero-order valence-electron chi connectivity index (χ0n) is 42.6. The highest BCUT2D eigenvalue weighted by atomic mass is 15.1. The predicted molar refractivity (Wildman–Crippen MR) is 321 cm³/mol. The van der Waals surface area contributed by atoms with Crippen LogP contribution >= 0.6 is 0 Å². The van der Waals surface area contributed by atoms with Gasteiger partial charge in [-0.3, -0.25) is 0 Å². The summed E-state index contributed by atoms with van der Waals surface area (Å²) in [5.41, 5.74) is 21.7. The number of rotatable bonds is 10. The summed E-state index contributed by atoms with van der Waals surface area (Å²) in [5.74, 6) is 0.549. The topological polar surface area (TPSA) is 3.24 Å². The summed E-state index contributed by atoms with van der Waals surface area (Å²) in [6.45, 7) is 0. The quantitative estimate of drug-likeness (QED) is 0.132. The molecule has 0 amide bonds. The molecule has 362 valence electrons. The Morgan fingerprint density at radius 3 is 1.63 bits per heavy atom. The minimum Gasteiger partial charge on any atom is -0.309 e. The van der Waals surface area contributed by atoms with Crippen LogP contribution in [0.5, 0.6) is 0 Å². The standard InChI is InChI=1S/C75H57N/c1-5-23-53(24-6-1)63-50-47-57(62-38-19-28-52-27-13-14-35-61(52)62)51-72(63)76(71-44-18-16-36-66(71)67-41-21-30-56-29-20-39-64(73(56)67)54-25-7-2-8-26-54)60-48-45-55(46-49-60)65-40-22-43-70-74(65)68-37-15-17-42-69(68)75(70,58-31-9-3-10-32-58)59-33-11-4-12-34-59/h1,3-6,9-24,27-51,54H,2,7-8,25-26H2. The van der Waals surface area contributed by atoms with Gasteiger partial charge in [-0.25, -0.2) is 0 Å². The fraction of sp³-hybridized carbons (Fsp3) is 0.0933. The van der Waals surface area contributed by atoms with Gasteiger partial charge in [-0.05, 0) is 137 Å². The molecule has 0 atom stereocenters. The van der Waals surface area contributed by atoms with Crippen molar-refractivity contribution in [3.05, 3.63) is 307 Å². The Labute approximate surface area is 447 Å². The third kappa shape index (κ3) is 7.60. The molecule has 0 aliphatic heterocycles. The van der Waals surface area contributed by atoms with Crippen LogP contribution in [0.4, 0.5) is 17.1 Å². The van der Waals surface area contributed by atoms with E-state index in [9.17, 15) is 0 Å². The van der Waals surface area contributed by atoms with Crippen molar-refractivity contribution in [2.45, 2.75) is 43.4 Å². The van der Waals surface area contributed by atoms with Gasteiger partial charge in [-0.15, -0.1) is 0 Å². The molecule has 1 fully saturated rings. The number of fused-ring (bicyclic) bond motifs is 5. The van der Waals surface area contributed by atoms with Crippen molar-refractivity contribution < 1.29 is 0 Å². The Bertz CT molecular complexity index is 4020. The van der Waals surface area contributed by atoms with Crippen molar-refractivity contribution in [3.8, 4) is 55.6 Å². The monoisotopic (exact) mass is 971 g/mol. The fourth-order valence-electron chi connectivity index (χ4n) is 13.4. The minimum atomic E-state index is -0.480. The maximum Gasteiger partial charge on any atom is 0.0713 e. The first-order valence-corrected chi connectivity index (χ1v) is 27.3. The third-order valence-electron chi connectivity index (χ3n) is 16.8. The van der Waals surface area contributed by atoms with E-state index in [2.05, 4.69) is 284 Å². The van der Waals surface area contributed by atoms with Gasteiger partial charge in [0.15, 0.2) is 0 Å². The largest absolute Gasteiger partial charge is 0.309 e. The van der Waals surface area contributed by atoms with E-state index in [1.807, 2.05) is 0 Å². The molecule has 0 N–H and O–H groups in total. The van der Waals surface area contributed by atoms with E-state index >= 15 is 0 Å². The fourth-order valence-corrected chi connectivity index (χ4v) is 13.4. The molecule has 0 saturated heterocycles. The SMILES string of the molecule is c1ccc(-c2ccc(-c3cccc4ccccc34)cc2N(c2ccc(-c3cccc4c3-c3ccccc3C4(c3ccccc3)c3ccccc3)cc2)c2ccccc2-c2cccc3cccc(C4CCCCC4)c23)cc1. The lowest BCUT2D eigenvalue weighted by Crippen LogP contribution is -2.28. The second kappa shape index (κ2) is 19.3. The van der Waals surface area contributed by atoms with Crippen LogP contribution < -0.4 is 4.90 Å². The van der Waals surface area contributed by atoms with Crippen LogP contribution in [0.2, 0.25) is 0 Å². The maximum absolute atomic E-state index is 2.55. The van der Waals surface area contributed by atoms with Crippen LogP contribution in [0.25, 0.3) is 77.2 Å². The molecule has 2 aliphatic carbocycles. The van der Waals surface area contributed by atoms with Crippen LogP contribution in [-0.4, -0.2) is 0 Å². The van der Waals surface area contributed by atoms with Crippen LogP contribution in [0.3, 0.4) is 0 Å². The third-order valence-corrected chi connectivity index (χ3v) is 16.8. The van der Waals surface area contributed by atoms with E-state index < -0.39 is 5.41 Å². The highest BCUT2D eigenvalue weighted by molar-refractivity contribution is 6.05. The molecule has 0 heterocycles. The van der Waals surface area contributed by atoms with Crippen LogP contribution in [0.15, 0.2) is 279 Å². The highest BCUT2D eigenvalue weighted by Crippen LogP contribution is 2.58. The molecule has 2 aliphatic rings. The molecule has 1 saturated carbocycles. The first kappa shape index (κ1) is 45.6. The molecule has 0 spiro atoms. The molecule has 12 aromatic carbocycles. The summed E-state index contributed by atoms with van der Waals surface area (Å²) in [7, 11) is 0. The molecular formula is C75H57N. The zero-order valence-corrected chi connectivity index (χ0v) is 42.6. The Kier molecular flexibility index (Phi) is 11.6. The molecule has 0 aromatic heterocycles. The van der Waals surface area contributed by atoms with Gasteiger partial charge in [0.05, 0.1) is 16.8 Å². The Hall–Kier alpha value is -9.04. The Morgan fingerprint density at radius 2 is 0.868 bits per heavy atom. The smallest absolute Gasteiger partial charge is 0.0713 e. The summed E-state index contributed by atoms with van der Waals surface area (Å²) < 4.78 is 0. The molecule has 12 aromatic rings. The number of para-hydroxylation sites is 1. The lowest BCUT2D eigenvalue weighted by Gasteiger charge is -2.34. The molecule has 1 nitrogen and oxygen atoms in total. The normalized spacial score (nSPS) is 13.8. The predicted octanol–water partition coefficient (Wildman–Crippen LogP) is 20.5. The van der Waals surface area contributed by atoms with E-state index in [-0.39, 0.29) is 0 Å². The average molecular weight is 972 g/mol. The molecule has 1 heteroatoms. The van der Waals surface area contributed by atoms with E-state index in [0.29, 0.717) is 5.92 Å². The Balaban J connectivity index is 1.00. The number of benzene rings is 12. The summed E-state index contributed by atoms with van der Waals surface area (Å²) in [5, 5.41) is 5.16. The summed E-state index contributed by atoms with van der Waals surface area (Å²) in [6, 6.07) is 104. The van der Waals surface area contributed by atoms with E-state index in [4.69, 9.17) is 0 Å². The van der Waals surface area contributed by atoms with E-state index in [1.165, 1.54) is 137 Å². The molecule has 0 radical (unpaired) electrons. The van der Waals surface area contributed by atoms with E-state index in [0.717, 1.165) is 17.1 Å². The molecule has 14 rings (SSSR count). The average Bonchev–Trinajstić information content (AvgIpc) is 3.91. The summed E-state index contributed by atoms with van der Waals surface area (Å²) >= 11 is 0. The van der Waals surface area contributed by atoms with Crippen LogP contribution in [-0.2, 0) is 5.41 Å². The minimum absolute atomic E-state index is 0.480. The number of hydrogen-bond donors (Lipinski definition) is 0. The molecule has 0 bridgehead atoms. The highest BCUT2D eigenvalue weighted by Gasteiger charge is 2.46. The second-order valence-corrected chi connectivity index (χ2v) is 20.9. The van der Waals surface area contributed by atoms with Crippen molar-refractivity contribution in [2.75, 3.05) is 4.90 Å². The zero-order chi connectivity index (χ0) is 50.4. The molecular weight excluding hydrogens is 915 g/mol. The number of hydrogen-bond acceptors (Lipinski definition) is 1. The first-order chi connectivity index (χ1) is 37.7. The van der Waals surface area contributed by atoms with Crippen LogP contribution in [0, 0.1) is 0 Å². The lowest BCUT2D eigenvalue weighted by molar-refractivity contribution is 0.445. The Morgan fingerprint density at radius 1 is 0.329 bits per heavy atom. The lowest BCUT2D eigenvalue weighted by atomic mass is 9.67. The number of anilines is 3. The molecule has 0 unspecified atom stereocenters. The number of nitrogens with zero attached hydrogens (tertiary/aromatic N) is 1. The summed E-state index contributed by atoms with van der Waals surface area (Å²) in [4.78, 5) is 2.55. The van der Waals surface area contributed by atoms with Gasteiger partial charge in [-0.2, -0.15) is 0 Å². The van der Waals surface area contributed by atoms with E-state index in [1.54, 1.807) is 0 Å². The van der Waals surface area contributed by atoms with Gasteiger partial charge in [-0.1, -0.05) is 274 Å². The van der Waals surface area contributed by atoms with Crippen molar-refractivity contribution in [3.63, 3.8) is 0 Å². The second-order valence-electron chi connectivity index (χ2n) is 20.9. The van der Waals surface area contributed by atoms with Gasteiger partial charge in [0.1, 0.15) is 0 Å². The van der Waals surface area contributed by atoms with Gasteiger partial charge in [0, 0.05) is 16.8 Å². The van der Waals surface area contributed by atoms with Crippen molar-refractivity contribution >= 4 is 38.6 Å². The molecule has 76 heavy (non-hydrogen) atoms. The van der Waals surface area contributed by atoms with Crippen molar-refractivity contribution in [1.82, 2.24) is 0 Å². The first-order valence-electron chi connectivity index (χ1n) is 27.3. The summed E-state index contributed by atoms with van der Waals surface area (Å²) in [6.07, 6.45) is 6.39. The van der Waals surface area contributed by atoms with Gasteiger partial charge in [0.25, 0.3) is 0 Å². The van der Waals surface area contributed by atoms with Crippen molar-refractivity contribution in [1.29, 1.82) is 0 Å². The maximum atomic E-state index is 2.55. The van der Waals surface area contributed by atoms with Gasteiger partial charge in [0.2, 0.25) is 0 Å². The van der Waals surface area contributed by atoms with Crippen molar-refractivity contribution in [2.24, 2.45) is 0 Å². The van der Waals surface area contributed by atoms with Crippen LogP contribution in [0.1, 0.15) is 65.8 Å². The van der Waals surface area contributed by atoms with Gasteiger partial charge < -0.3 is 4.90 Å².